The van der Waals surface area contributed by atoms with Crippen molar-refractivity contribution in [3.05, 3.63) is 35.1 Å². The molecule has 0 aromatic carbocycles. The monoisotopic (exact) mass is 190 g/mol. The molecule has 0 spiro atoms. The number of ether oxygens (including phenoxy) is 1. The van der Waals surface area contributed by atoms with E-state index >= 15 is 0 Å². The molecule has 0 aromatic heterocycles. The van der Waals surface area contributed by atoms with Crippen molar-refractivity contribution in [1.29, 1.82) is 0 Å². The molecule has 0 saturated carbocycles. The fourth-order valence-corrected chi connectivity index (χ4v) is 2.23. The molecule has 2 aliphatic rings. The molecule has 0 bridgehead atoms. The number of hydrogen-bond acceptors (Lipinski definition) is 1. The van der Waals surface area contributed by atoms with Gasteiger partial charge in [0.1, 0.15) is 11.9 Å². The number of fused-ring (bicyclic) bond motifs is 1. The van der Waals surface area contributed by atoms with Crippen LogP contribution in [-0.4, -0.2) is 6.10 Å². The van der Waals surface area contributed by atoms with Gasteiger partial charge in [0.25, 0.3) is 0 Å². The van der Waals surface area contributed by atoms with E-state index in [9.17, 15) is 0 Å². The zero-order valence-corrected chi connectivity index (χ0v) is 9.05. The summed E-state index contributed by atoms with van der Waals surface area (Å²) in [6.45, 7) is 4.45. The standard InChI is InChI=1S/C13H18O/c1-3-6-10-11-8-5-9-13(11)14-12(10)7-4-2/h5,8-9,12H,3-4,6-7H2,1-2H3. The van der Waals surface area contributed by atoms with Crippen LogP contribution in [0.3, 0.4) is 0 Å². The SMILES string of the molecule is CCCC1=C2C=CC=C2OC1CCC. The van der Waals surface area contributed by atoms with Crippen LogP contribution in [0.5, 0.6) is 0 Å². The third kappa shape index (κ3) is 1.52. The Kier molecular flexibility index (Phi) is 2.76. The molecule has 0 N–H and O–H groups in total. The highest BCUT2D eigenvalue weighted by molar-refractivity contribution is 5.52. The molecular formula is C13H18O. The lowest BCUT2D eigenvalue weighted by atomic mass is 9.98. The van der Waals surface area contributed by atoms with Gasteiger partial charge in [0, 0.05) is 5.57 Å². The van der Waals surface area contributed by atoms with Crippen LogP contribution in [0.4, 0.5) is 0 Å². The molecule has 0 radical (unpaired) electrons. The maximum atomic E-state index is 5.92. The molecule has 1 atom stereocenters. The van der Waals surface area contributed by atoms with Gasteiger partial charge in [-0.3, -0.25) is 0 Å². The Balaban J connectivity index is 2.21. The van der Waals surface area contributed by atoms with Gasteiger partial charge in [0.15, 0.2) is 0 Å². The zero-order chi connectivity index (χ0) is 9.97. The van der Waals surface area contributed by atoms with E-state index in [1.165, 1.54) is 30.4 Å². The molecule has 1 nitrogen and oxygen atoms in total. The highest BCUT2D eigenvalue weighted by Crippen LogP contribution is 2.38. The van der Waals surface area contributed by atoms with E-state index in [2.05, 4.69) is 32.1 Å². The third-order valence-electron chi connectivity index (χ3n) is 2.85. The average Bonchev–Trinajstić information content (AvgIpc) is 2.71. The predicted octanol–water partition coefficient (Wildman–Crippen LogP) is 3.74. The zero-order valence-electron chi connectivity index (χ0n) is 9.05. The Hall–Kier alpha value is -0.980. The minimum absolute atomic E-state index is 0.367. The van der Waals surface area contributed by atoms with Crippen LogP contribution in [0.1, 0.15) is 39.5 Å². The van der Waals surface area contributed by atoms with Crippen molar-refractivity contribution in [3.63, 3.8) is 0 Å². The molecular weight excluding hydrogens is 172 g/mol. The molecule has 1 heteroatoms. The molecule has 1 aliphatic carbocycles. The predicted molar refractivity (Wildman–Crippen MR) is 58.9 cm³/mol. The summed E-state index contributed by atoms with van der Waals surface area (Å²) >= 11 is 0. The molecule has 0 saturated heterocycles. The minimum atomic E-state index is 0.367. The third-order valence-corrected chi connectivity index (χ3v) is 2.85. The van der Waals surface area contributed by atoms with Crippen LogP contribution < -0.4 is 0 Å². The second-order valence-corrected chi connectivity index (χ2v) is 3.97. The Morgan fingerprint density at radius 2 is 2.14 bits per heavy atom. The van der Waals surface area contributed by atoms with Crippen molar-refractivity contribution in [2.75, 3.05) is 0 Å². The summed E-state index contributed by atoms with van der Waals surface area (Å²) in [6.07, 6.45) is 11.5. The van der Waals surface area contributed by atoms with E-state index in [0.717, 1.165) is 12.2 Å². The molecule has 1 unspecified atom stereocenters. The van der Waals surface area contributed by atoms with Gasteiger partial charge in [-0.2, -0.15) is 0 Å². The molecule has 1 heterocycles. The van der Waals surface area contributed by atoms with Crippen LogP contribution in [0, 0.1) is 0 Å². The largest absolute Gasteiger partial charge is 0.485 e. The Labute approximate surface area is 86.2 Å². The maximum absolute atomic E-state index is 5.92. The van der Waals surface area contributed by atoms with Crippen molar-refractivity contribution in [3.8, 4) is 0 Å². The fraction of sp³-hybridized carbons (Fsp3) is 0.538. The summed E-state index contributed by atoms with van der Waals surface area (Å²) in [5.41, 5.74) is 2.89. The van der Waals surface area contributed by atoms with Crippen LogP contribution in [0.25, 0.3) is 0 Å². The van der Waals surface area contributed by atoms with Gasteiger partial charge in [-0.1, -0.05) is 38.8 Å². The molecule has 76 valence electrons. The molecule has 14 heavy (non-hydrogen) atoms. The summed E-state index contributed by atoms with van der Waals surface area (Å²) in [6, 6.07) is 0. The summed E-state index contributed by atoms with van der Waals surface area (Å²) in [5.74, 6) is 1.10. The molecule has 0 aromatic rings. The van der Waals surface area contributed by atoms with E-state index < -0.39 is 0 Å². The van der Waals surface area contributed by atoms with Crippen molar-refractivity contribution >= 4 is 0 Å². The number of hydrogen-bond donors (Lipinski definition) is 0. The highest BCUT2D eigenvalue weighted by Gasteiger charge is 2.29. The number of rotatable bonds is 4. The van der Waals surface area contributed by atoms with Crippen LogP contribution in [0.2, 0.25) is 0 Å². The Bertz CT molecular complexity index is 307. The number of allylic oxidation sites excluding steroid dienone is 3. The van der Waals surface area contributed by atoms with E-state index in [1.54, 1.807) is 0 Å². The summed E-state index contributed by atoms with van der Waals surface area (Å²) in [5, 5.41) is 0. The Morgan fingerprint density at radius 3 is 2.86 bits per heavy atom. The van der Waals surface area contributed by atoms with E-state index in [-0.39, 0.29) is 0 Å². The van der Waals surface area contributed by atoms with E-state index in [0.29, 0.717) is 6.10 Å². The summed E-state index contributed by atoms with van der Waals surface area (Å²) < 4.78 is 5.92. The Morgan fingerprint density at radius 1 is 1.29 bits per heavy atom. The van der Waals surface area contributed by atoms with Crippen molar-refractivity contribution in [2.24, 2.45) is 0 Å². The molecule has 0 fully saturated rings. The fourth-order valence-electron chi connectivity index (χ4n) is 2.23. The van der Waals surface area contributed by atoms with E-state index in [4.69, 9.17) is 4.74 Å². The molecule has 2 rings (SSSR count). The topological polar surface area (TPSA) is 9.23 Å². The van der Waals surface area contributed by atoms with Crippen LogP contribution in [-0.2, 0) is 4.74 Å². The smallest absolute Gasteiger partial charge is 0.127 e. The van der Waals surface area contributed by atoms with Crippen molar-refractivity contribution in [1.82, 2.24) is 0 Å². The van der Waals surface area contributed by atoms with Gasteiger partial charge < -0.3 is 4.74 Å². The van der Waals surface area contributed by atoms with Gasteiger partial charge in [0.2, 0.25) is 0 Å². The summed E-state index contributed by atoms with van der Waals surface area (Å²) in [4.78, 5) is 0. The normalized spacial score (nSPS) is 23.9. The summed E-state index contributed by atoms with van der Waals surface area (Å²) in [7, 11) is 0. The lowest BCUT2D eigenvalue weighted by Gasteiger charge is -2.13. The average molecular weight is 190 g/mol. The van der Waals surface area contributed by atoms with Gasteiger partial charge >= 0.3 is 0 Å². The van der Waals surface area contributed by atoms with Gasteiger partial charge in [-0.25, -0.2) is 0 Å². The second kappa shape index (κ2) is 4.04. The minimum Gasteiger partial charge on any atom is -0.485 e. The lowest BCUT2D eigenvalue weighted by Crippen LogP contribution is -2.09. The van der Waals surface area contributed by atoms with Gasteiger partial charge in [0.05, 0.1) is 0 Å². The van der Waals surface area contributed by atoms with Gasteiger partial charge in [-0.15, -0.1) is 0 Å². The van der Waals surface area contributed by atoms with Crippen LogP contribution in [0.15, 0.2) is 35.1 Å². The first-order chi connectivity index (χ1) is 6.86. The molecule has 0 amide bonds. The van der Waals surface area contributed by atoms with Crippen molar-refractivity contribution in [2.45, 2.75) is 45.6 Å². The quantitative estimate of drug-likeness (QED) is 0.656. The van der Waals surface area contributed by atoms with Crippen molar-refractivity contribution < 1.29 is 4.74 Å². The second-order valence-electron chi connectivity index (χ2n) is 3.97. The first-order valence-corrected chi connectivity index (χ1v) is 5.65. The highest BCUT2D eigenvalue weighted by atomic mass is 16.5. The van der Waals surface area contributed by atoms with Gasteiger partial charge in [-0.05, 0) is 24.5 Å². The first-order valence-electron chi connectivity index (χ1n) is 5.65. The maximum Gasteiger partial charge on any atom is 0.127 e. The first kappa shape index (κ1) is 9.57. The molecule has 1 aliphatic heterocycles. The van der Waals surface area contributed by atoms with Crippen LogP contribution >= 0.6 is 0 Å². The van der Waals surface area contributed by atoms with E-state index in [1.807, 2.05) is 0 Å². The lowest BCUT2D eigenvalue weighted by molar-refractivity contribution is 0.161.